The van der Waals surface area contributed by atoms with E-state index in [0.29, 0.717) is 77.9 Å². The van der Waals surface area contributed by atoms with Crippen molar-refractivity contribution < 1.29 is 33.3 Å². The van der Waals surface area contributed by atoms with Gasteiger partial charge in [-0.1, -0.05) is 81.4 Å². The van der Waals surface area contributed by atoms with Crippen LogP contribution < -0.4 is 25.0 Å². The number of hydrogen-bond donors (Lipinski definition) is 4. The quantitative estimate of drug-likeness (QED) is 0.0623. The van der Waals surface area contributed by atoms with Gasteiger partial charge in [0.1, 0.15) is 35.6 Å². The Morgan fingerprint density at radius 1 is 0.905 bits per heavy atom. The lowest BCUT2D eigenvalue weighted by molar-refractivity contribution is -0.118. The largest absolute Gasteiger partial charge is 0.486 e. The fourth-order valence-electron chi connectivity index (χ4n) is 11.5. The Morgan fingerprint density at radius 3 is 2.31 bits per heavy atom. The van der Waals surface area contributed by atoms with Crippen LogP contribution in [0.25, 0.3) is 55.3 Å². The molecule has 5 aliphatic rings. The number of likely N-dealkylation sites (tertiary alicyclic amines) is 1. The SMILES string of the molecule is CC.CC1CCCN1C=O.Cc1c(F)cc2[nH]ncc2c1-c1c(C2CC2)cc2c(N3CC4CC3CN4)nc(OC3CCOCC3)nc2c1OCc1ccc(-c2cn(C(C)C(C)C)nn2)cc1.O=CNC(CO)c1ccc(-c2ccnnc2)cc1. The third-order valence-corrected chi connectivity index (χ3v) is 16.9. The summed E-state index contributed by atoms with van der Waals surface area (Å²) in [4.78, 5) is 35.2. The van der Waals surface area contributed by atoms with Crippen molar-refractivity contribution >= 4 is 40.4 Å². The molecule has 442 valence electrons. The van der Waals surface area contributed by atoms with E-state index in [4.69, 9.17) is 29.3 Å². The normalized spacial score (nSPS) is 19.0. The molecule has 5 atom stereocenters. The average Bonchev–Trinajstić information content (AvgIpc) is 1.45. The van der Waals surface area contributed by atoms with Crippen molar-refractivity contribution in [1.82, 2.24) is 60.9 Å². The van der Waals surface area contributed by atoms with Crippen molar-refractivity contribution in [2.75, 3.05) is 44.4 Å². The molecule has 20 heteroatoms. The molecule has 8 heterocycles. The molecule has 4 N–H and O–H groups in total. The first kappa shape index (κ1) is 59.2. The van der Waals surface area contributed by atoms with Gasteiger partial charge in [-0.05, 0) is 111 Å². The fraction of sp³-hybridized carbons (Fsp3) is 0.453. The van der Waals surface area contributed by atoms with Gasteiger partial charge in [0.15, 0.2) is 5.75 Å². The number of hydrogen-bond acceptors (Lipinski definition) is 15. The number of anilines is 1. The van der Waals surface area contributed by atoms with Gasteiger partial charge in [0, 0.05) is 83.6 Å². The van der Waals surface area contributed by atoms with E-state index in [1.54, 1.807) is 18.6 Å². The molecule has 13 rings (SSSR count). The number of fused-ring (bicyclic) bond motifs is 4. The van der Waals surface area contributed by atoms with Crippen LogP contribution in [0, 0.1) is 18.7 Å². The highest BCUT2D eigenvalue weighted by atomic mass is 19.1. The first-order chi connectivity index (χ1) is 41.0. The number of ether oxygens (including phenoxy) is 3. The van der Waals surface area contributed by atoms with E-state index in [0.717, 1.165) is 125 Å². The Morgan fingerprint density at radius 2 is 1.68 bits per heavy atom. The summed E-state index contributed by atoms with van der Waals surface area (Å²) in [6.07, 6.45) is 15.7. The summed E-state index contributed by atoms with van der Waals surface area (Å²) in [5, 5.41) is 40.9. The molecule has 4 aromatic carbocycles. The molecule has 8 aromatic rings. The monoisotopic (exact) mass is 1140 g/mol. The van der Waals surface area contributed by atoms with Crippen LogP contribution >= 0.6 is 0 Å². The molecule has 0 spiro atoms. The molecule has 1 aliphatic carbocycles. The lowest BCUT2D eigenvalue weighted by atomic mass is 9.88. The first-order valence-corrected chi connectivity index (χ1v) is 29.8. The highest BCUT2D eigenvalue weighted by Gasteiger charge is 2.41. The number of carbonyl (C=O) groups is 2. The predicted octanol–water partition coefficient (Wildman–Crippen LogP) is 10.2. The van der Waals surface area contributed by atoms with Gasteiger partial charge in [-0.3, -0.25) is 14.7 Å². The molecule has 0 radical (unpaired) electrons. The Balaban J connectivity index is 0.000000231. The number of nitrogens with one attached hydrogen (secondary N) is 3. The molecule has 2 bridgehead atoms. The van der Waals surface area contributed by atoms with E-state index in [1.165, 1.54) is 18.9 Å². The standard InChI is InChI=1S/C43H48FN9O3.C13H13N3O2.C6H11NO.C2H6/c1-23(2)25(4)53-21-37(50-51-53)28-7-5-26(6-8-28)22-55-41-39(38-24(3)35(44)17-36-34(38)19-46-49-36)32(27-9-10-27)16-33-40(41)47-43(56-31-11-13-54-14-12-31)48-42(33)52-20-29-15-30(52)18-45-29;17-8-13(14-9-18)11-3-1-10(2-4-11)12-5-6-15-16-7-12;1-6-3-2-4-7(6)5-8;1-2/h5-8,16-17,19,21,23,25,27,29-31,45H,9-15,18,20,22H2,1-4H3,(H,46,49);1-7,9,13,17H,8H2,(H,14,18);5-6H,2-4H2,1H3;1-2H3. The van der Waals surface area contributed by atoms with Gasteiger partial charge < -0.3 is 39.8 Å². The van der Waals surface area contributed by atoms with Crippen LogP contribution in [0.5, 0.6) is 11.8 Å². The van der Waals surface area contributed by atoms with Crippen molar-refractivity contribution in [3.8, 4) is 45.3 Å². The number of aliphatic hydroxyl groups is 1. The second-order valence-electron chi connectivity index (χ2n) is 22.6. The zero-order valence-corrected chi connectivity index (χ0v) is 49.2. The van der Waals surface area contributed by atoms with E-state index < -0.39 is 0 Å². The second-order valence-corrected chi connectivity index (χ2v) is 22.6. The third-order valence-electron chi connectivity index (χ3n) is 16.9. The van der Waals surface area contributed by atoms with Crippen molar-refractivity contribution in [2.24, 2.45) is 5.92 Å². The van der Waals surface area contributed by atoms with Crippen LogP contribution in [0.2, 0.25) is 0 Å². The number of aliphatic hydroxyl groups excluding tert-OH is 1. The number of benzene rings is 4. The number of H-pyrrole nitrogens is 1. The Labute approximate surface area is 490 Å². The van der Waals surface area contributed by atoms with E-state index in [2.05, 4.69) is 104 Å². The zero-order valence-electron chi connectivity index (χ0n) is 49.2. The molecule has 5 fully saturated rings. The molecular weight excluding hydrogens is 1070 g/mol. The number of rotatable bonds is 17. The first-order valence-electron chi connectivity index (χ1n) is 29.8. The molecule has 4 saturated heterocycles. The lowest BCUT2D eigenvalue weighted by Crippen LogP contribution is -2.44. The number of halogens is 1. The average molecular weight is 1140 g/mol. The minimum absolute atomic E-state index is 0.0509. The molecule has 5 unspecified atom stereocenters. The fourth-order valence-corrected chi connectivity index (χ4v) is 11.5. The smallest absolute Gasteiger partial charge is 0.319 e. The van der Waals surface area contributed by atoms with E-state index in [9.17, 15) is 9.59 Å². The van der Waals surface area contributed by atoms with Crippen LogP contribution in [0.1, 0.15) is 127 Å². The summed E-state index contributed by atoms with van der Waals surface area (Å²) in [6.45, 7) is 18.6. The molecule has 2 amide bonds. The summed E-state index contributed by atoms with van der Waals surface area (Å²) in [6, 6.07) is 22.9. The third kappa shape index (κ3) is 13.2. The van der Waals surface area contributed by atoms with Gasteiger partial charge in [0.25, 0.3) is 0 Å². The number of amides is 2. The number of aromatic amines is 1. The number of nitrogens with zero attached hydrogens (tertiary/aromatic N) is 10. The summed E-state index contributed by atoms with van der Waals surface area (Å²) in [5.74, 6) is 1.93. The predicted molar refractivity (Wildman–Crippen MR) is 322 cm³/mol. The number of carbonyl (C=O) groups excluding carboxylic acids is 2. The molecule has 1 saturated carbocycles. The summed E-state index contributed by atoms with van der Waals surface area (Å²) >= 11 is 0. The van der Waals surface area contributed by atoms with Crippen molar-refractivity contribution in [3.63, 3.8) is 0 Å². The molecular formula is C64H78FN13O6. The summed E-state index contributed by atoms with van der Waals surface area (Å²) < 4.78 is 37.1. The maximum atomic E-state index is 15.9. The highest BCUT2D eigenvalue weighted by molar-refractivity contribution is 6.06. The van der Waals surface area contributed by atoms with Gasteiger partial charge >= 0.3 is 6.01 Å². The maximum Gasteiger partial charge on any atom is 0.319 e. The van der Waals surface area contributed by atoms with Crippen molar-refractivity contribution in [3.05, 3.63) is 120 Å². The van der Waals surface area contributed by atoms with Crippen molar-refractivity contribution in [2.45, 2.75) is 142 Å². The summed E-state index contributed by atoms with van der Waals surface area (Å²) in [5.41, 5.74) is 10.2. The lowest BCUT2D eigenvalue weighted by Gasteiger charge is -2.31. The molecule has 84 heavy (non-hydrogen) atoms. The van der Waals surface area contributed by atoms with Crippen LogP contribution in [-0.2, 0) is 20.9 Å². The zero-order chi connectivity index (χ0) is 58.9. The van der Waals surface area contributed by atoms with Gasteiger partial charge in [-0.25, -0.2) is 9.07 Å². The van der Waals surface area contributed by atoms with E-state index in [-0.39, 0.29) is 37.2 Å². The second kappa shape index (κ2) is 27.2. The molecule has 19 nitrogen and oxygen atoms in total. The topological polar surface area (TPSA) is 224 Å². The van der Waals surface area contributed by atoms with Gasteiger partial charge in [-0.15, -0.1) is 5.10 Å². The van der Waals surface area contributed by atoms with Crippen LogP contribution in [0.15, 0.2) is 91.5 Å². The maximum absolute atomic E-state index is 15.9. The van der Waals surface area contributed by atoms with E-state index in [1.807, 2.05) is 66.9 Å². The van der Waals surface area contributed by atoms with Crippen molar-refractivity contribution in [1.29, 1.82) is 0 Å². The van der Waals surface area contributed by atoms with Gasteiger partial charge in [0.2, 0.25) is 12.8 Å². The molecule has 4 aromatic heterocycles. The highest BCUT2D eigenvalue weighted by Crippen LogP contribution is 2.53. The minimum atomic E-state index is -0.368. The van der Waals surface area contributed by atoms with Crippen LogP contribution in [0.3, 0.4) is 0 Å². The van der Waals surface area contributed by atoms with Gasteiger partial charge in [-0.2, -0.15) is 25.3 Å². The number of aromatic nitrogens is 9. The Kier molecular flexibility index (Phi) is 19.2. The number of piperazine rings is 1. The molecule has 4 aliphatic heterocycles. The van der Waals surface area contributed by atoms with Crippen LogP contribution in [-0.4, -0.2) is 132 Å². The Hall–Kier alpha value is -7.94. The minimum Gasteiger partial charge on any atom is -0.486 e. The summed E-state index contributed by atoms with van der Waals surface area (Å²) in [7, 11) is 0. The van der Waals surface area contributed by atoms with E-state index >= 15 is 4.39 Å². The Bertz CT molecular complexity index is 3480. The van der Waals surface area contributed by atoms with Crippen LogP contribution in [0.4, 0.5) is 10.2 Å². The van der Waals surface area contributed by atoms with Gasteiger partial charge in [0.05, 0.1) is 62.2 Å².